The van der Waals surface area contributed by atoms with Crippen LogP contribution in [0.4, 0.5) is 0 Å². The minimum Gasteiger partial charge on any atom is -0.481 e. The fraction of sp³-hybridized carbons (Fsp3) is 0.385. The minimum absolute atomic E-state index is 0.302. The van der Waals surface area contributed by atoms with Gasteiger partial charge in [-0.05, 0) is 24.0 Å². The summed E-state index contributed by atoms with van der Waals surface area (Å²) in [5.41, 5.74) is 8.64. The highest BCUT2D eigenvalue weighted by Crippen LogP contribution is 2.28. The van der Waals surface area contributed by atoms with Crippen LogP contribution in [-0.2, 0) is 16.0 Å². The van der Waals surface area contributed by atoms with Crippen LogP contribution in [0.15, 0.2) is 24.3 Å². The van der Waals surface area contributed by atoms with Crippen molar-refractivity contribution >= 4 is 11.9 Å². The number of fused-ring (bicyclic) bond motifs is 1. The van der Waals surface area contributed by atoms with Crippen molar-refractivity contribution in [3.05, 3.63) is 35.4 Å². The normalized spacial score (nSPS) is 17.9. The molecule has 19 heavy (non-hydrogen) atoms. The van der Waals surface area contributed by atoms with Crippen molar-refractivity contribution in [1.29, 1.82) is 0 Å². The number of aryl methyl sites for hydroxylation is 1. The van der Waals surface area contributed by atoms with Crippen LogP contribution in [0.3, 0.4) is 0 Å². The number of aliphatic hydroxyl groups excluding tert-OH is 1. The van der Waals surface area contributed by atoms with Gasteiger partial charge in [0.15, 0.2) is 6.10 Å². The van der Waals surface area contributed by atoms with Crippen LogP contribution in [-0.4, -0.2) is 33.4 Å². The third-order valence-electron chi connectivity index (χ3n) is 2.83. The van der Waals surface area contributed by atoms with Gasteiger partial charge in [0.2, 0.25) is 0 Å². The van der Waals surface area contributed by atoms with Gasteiger partial charge in [0.1, 0.15) is 0 Å². The largest absolute Gasteiger partial charge is 0.481 e. The summed E-state index contributed by atoms with van der Waals surface area (Å²) < 4.78 is 0. The molecule has 1 aliphatic carbocycles. The number of aliphatic carboxylic acids is 2. The van der Waals surface area contributed by atoms with Crippen LogP contribution in [0, 0.1) is 0 Å². The number of carboxylic acids is 2. The summed E-state index contributed by atoms with van der Waals surface area (Å²) in [6.45, 7) is 0. The Morgan fingerprint density at radius 1 is 1.32 bits per heavy atom. The minimum atomic E-state index is -1.79. The molecule has 1 aromatic carbocycles. The van der Waals surface area contributed by atoms with Crippen LogP contribution in [0.1, 0.15) is 30.0 Å². The van der Waals surface area contributed by atoms with Crippen molar-refractivity contribution in [2.24, 2.45) is 5.73 Å². The summed E-state index contributed by atoms with van der Waals surface area (Å²) in [6.07, 6.45) is -0.256. The Morgan fingerprint density at radius 2 is 1.95 bits per heavy atom. The third kappa shape index (κ3) is 4.69. The van der Waals surface area contributed by atoms with Gasteiger partial charge in [0, 0.05) is 6.04 Å². The third-order valence-corrected chi connectivity index (χ3v) is 2.83. The summed E-state index contributed by atoms with van der Waals surface area (Å²) in [5, 5.41) is 24.1. The highest BCUT2D eigenvalue weighted by atomic mass is 16.4. The molecule has 2 rings (SSSR count). The Kier molecular flexibility index (Phi) is 5.47. The molecule has 6 heteroatoms. The Morgan fingerprint density at radius 3 is 2.42 bits per heavy atom. The van der Waals surface area contributed by atoms with E-state index in [-0.39, 0.29) is 0 Å². The summed E-state index contributed by atoms with van der Waals surface area (Å²) in [6, 6.07) is 8.74. The number of carboxylic acid groups (broad SMARTS) is 2. The fourth-order valence-electron chi connectivity index (χ4n) is 1.84. The number of carbonyl (C=O) groups is 2. The van der Waals surface area contributed by atoms with Crippen LogP contribution in [0.2, 0.25) is 0 Å². The lowest BCUT2D eigenvalue weighted by Gasteiger charge is -2.01. The average molecular weight is 267 g/mol. The lowest BCUT2D eigenvalue weighted by molar-refractivity contribution is -0.152. The van der Waals surface area contributed by atoms with Gasteiger partial charge in [0.05, 0.1) is 6.42 Å². The van der Waals surface area contributed by atoms with Crippen LogP contribution < -0.4 is 5.73 Å². The first kappa shape index (κ1) is 15.1. The summed E-state index contributed by atoms with van der Waals surface area (Å²) in [4.78, 5) is 19.4. The predicted molar refractivity (Wildman–Crippen MR) is 67.6 cm³/mol. The zero-order chi connectivity index (χ0) is 14.4. The van der Waals surface area contributed by atoms with Crippen LogP contribution in [0.5, 0.6) is 0 Å². The Hall–Kier alpha value is -1.92. The molecule has 0 fully saturated rings. The molecule has 6 nitrogen and oxygen atoms in total. The molecule has 0 aliphatic heterocycles. The molecular weight excluding hydrogens is 250 g/mol. The van der Waals surface area contributed by atoms with Crippen LogP contribution in [0.25, 0.3) is 0 Å². The van der Waals surface area contributed by atoms with Gasteiger partial charge in [0.25, 0.3) is 0 Å². The van der Waals surface area contributed by atoms with Crippen molar-refractivity contribution < 1.29 is 24.9 Å². The van der Waals surface area contributed by atoms with Gasteiger partial charge < -0.3 is 21.1 Å². The second kappa shape index (κ2) is 6.86. The summed E-state index contributed by atoms with van der Waals surface area (Å²) in [7, 11) is 0. The first-order valence-corrected chi connectivity index (χ1v) is 5.88. The molecule has 0 saturated heterocycles. The van der Waals surface area contributed by atoms with E-state index in [1.54, 1.807) is 0 Å². The van der Waals surface area contributed by atoms with E-state index in [4.69, 9.17) is 21.1 Å². The lowest BCUT2D eigenvalue weighted by atomic mass is 10.1. The average Bonchev–Trinajstić information content (AvgIpc) is 2.72. The van der Waals surface area contributed by atoms with Gasteiger partial charge in [-0.2, -0.15) is 0 Å². The molecule has 0 spiro atoms. The molecule has 2 atom stereocenters. The number of rotatable bonds is 3. The van der Waals surface area contributed by atoms with Gasteiger partial charge >= 0.3 is 11.9 Å². The van der Waals surface area contributed by atoms with Crippen molar-refractivity contribution in [1.82, 2.24) is 0 Å². The van der Waals surface area contributed by atoms with E-state index in [2.05, 4.69) is 24.3 Å². The highest BCUT2D eigenvalue weighted by Gasteiger charge is 2.17. The summed E-state index contributed by atoms with van der Waals surface area (Å²) >= 11 is 0. The zero-order valence-corrected chi connectivity index (χ0v) is 10.3. The molecule has 0 bridgehead atoms. The SMILES string of the molecule is N[C@@H]1CCc2ccccc21.O=C(O)CC(O)C(=O)O. The Labute approximate surface area is 110 Å². The standard InChI is InChI=1S/C9H11N.C4H6O5/c10-9-6-5-7-3-1-2-4-8(7)9;5-2(4(8)9)1-3(6)7/h1-4,9H,5-6,10H2;2,5H,1H2,(H,6,7)(H,8,9)/t9-;/m1./s1. The quantitative estimate of drug-likeness (QED) is 0.634. The maximum absolute atomic E-state index is 9.72. The van der Waals surface area contributed by atoms with E-state index in [1.165, 1.54) is 11.1 Å². The highest BCUT2D eigenvalue weighted by molar-refractivity contribution is 5.79. The first-order valence-electron chi connectivity index (χ1n) is 5.88. The van der Waals surface area contributed by atoms with Crippen molar-refractivity contribution in [3.8, 4) is 0 Å². The number of hydrogen-bond donors (Lipinski definition) is 4. The molecule has 1 aromatic rings. The van der Waals surface area contributed by atoms with Gasteiger partial charge in [-0.15, -0.1) is 0 Å². The van der Waals surface area contributed by atoms with Crippen molar-refractivity contribution in [2.75, 3.05) is 0 Å². The molecule has 1 aliphatic rings. The fourth-order valence-corrected chi connectivity index (χ4v) is 1.84. The number of hydrogen-bond acceptors (Lipinski definition) is 4. The van der Waals surface area contributed by atoms with Gasteiger partial charge in [-0.25, -0.2) is 4.79 Å². The molecule has 0 radical (unpaired) electrons. The van der Waals surface area contributed by atoms with Crippen molar-refractivity contribution in [3.63, 3.8) is 0 Å². The van der Waals surface area contributed by atoms with E-state index in [1.807, 2.05) is 0 Å². The Bertz CT molecular complexity index is 460. The molecule has 0 amide bonds. The molecule has 0 heterocycles. The maximum Gasteiger partial charge on any atom is 0.333 e. The topological polar surface area (TPSA) is 121 Å². The first-order chi connectivity index (χ1) is 8.91. The van der Waals surface area contributed by atoms with E-state index < -0.39 is 24.5 Å². The van der Waals surface area contributed by atoms with Crippen LogP contribution >= 0.6 is 0 Å². The predicted octanol–water partition coefficient (Wildman–Crippen LogP) is 0.539. The number of benzene rings is 1. The zero-order valence-electron chi connectivity index (χ0n) is 10.3. The monoisotopic (exact) mass is 267 g/mol. The smallest absolute Gasteiger partial charge is 0.333 e. The second-order valence-electron chi connectivity index (χ2n) is 4.30. The number of aliphatic hydroxyl groups is 1. The molecule has 0 saturated carbocycles. The molecule has 0 aromatic heterocycles. The summed E-state index contributed by atoms with van der Waals surface area (Å²) in [5.74, 6) is -2.85. The molecule has 1 unspecified atom stereocenters. The van der Waals surface area contributed by atoms with Gasteiger partial charge in [-0.1, -0.05) is 24.3 Å². The van der Waals surface area contributed by atoms with E-state index in [0.29, 0.717) is 6.04 Å². The van der Waals surface area contributed by atoms with E-state index >= 15 is 0 Å². The van der Waals surface area contributed by atoms with Crippen molar-refractivity contribution in [2.45, 2.75) is 31.4 Å². The number of nitrogens with two attached hydrogens (primary N) is 1. The second-order valence-corrected chi connectivity index (χ2v) is 4.30. The lowest BCUT2D eigenvalue weighted by Crippen LogP contribution is -2.22. The Balaban J connectivity index is 0.000000192. The maximum atomic E-state index is 9.72. The molecule has 104 valence electrons. The molecule has 5 N–H and O–H groups in total. The molecular formula is C13H17NO5. The van der Waals surface area contributed by atoms with Gasteiger partial charge in [-0.3, -0.25) is 4.79 Å². The van der Waals surface area contributed by atoms with E-state index in [9.17, 15) is 9.59 Å². The van der Waals surface area contributed by atoms with E-state index in [0.717, 1.165) is 12.8 Å².